The molecule has 20 heavy (non-hydrogen) atoms. The van der Waals surface area contributed by atoms with E-state index in [1.807, 2.05) is 11.8 Å². The number of hydrogen-bond donors (Lipinski definition) is 0. The number of methoxy groups -OCH3 is 1. The SMILES string of the molecule is COc1ccc(C#N)c(C(=O)C2CC3CCC(C2)S3)c1. The van der Waals surface area contributed by atoms with Crippen LogP contribution in [0.2, 0.25) is 0 Å². The number of rotatable bonds is 3. The molecule has 4 heteroatoms. The van der Waals surface area contributed by atoms with Crippen molar-refractivity contribution >= 4 is 17.5 Å². The molecule has 0 aromatic heterocycles. The Morgan fingerprint density at radius 3 is 2.65 bits per heavy atom. The standard InChI is InChI=1S/C16H17NO2S/c1-19-12-3-2-10(9-17)15(8-12)16(18)11-6-13-4-5-14(7-11)20-13/h2-3,8,11,13-14H,4-7H2,1H3. The first-order valence-electron chi connectivity index (χ1n) is 6.99. The molecule has 2 heterocycles. The summed E-state index contributed by atoms with van der Waals surface area (Å²) < 4.78 is 5.18. The highest BCUT2D eigenvalue weighted by molar-refractivity contribution is 8.00. The van der Waals surface area contributed by atoms with Crippen molar-refractivity contribution < 1.29 is 9.53 Å². The summed E-state index contributed by atoms with van der Waals surface area (Å²) in [7, 11) is 1.58. The Hall–Kier alpha value is -1.47. The van der Waals surface area contributed by atoms with Crippen molar-refractivity contribution in [2.45, 2.75) is 36.2 Å². The zero-order chi connectivity index (χ0) is 14.1. The van der Waals surface area contributed by atoms with Crippen LogP contribution < -0.4 is 4.74 Å². The Kier molecular flexibility index (Phi) is 3.71. The van der Waals surface area contributed by atoms with Crippen LogP contribution in [-0.2, 0) is 0 Å². The molecule has 2 aliphatic heterocycles. The van der Waals surface area contributed by atoms with Crippen molar-refractivity contribution in [1.29, 1.82) is 5.26 Å². The summed E-state index contributed by atoms with van der Waals surface area (Å²) in [5.74, 6) is 0.839. The van der Waals surface area contributed by atoms with Crippen molar-refractivity contribution in [3.05, 3.63) is 29.3 Å². The van der Waals surface area contributed by atoms with Gasteiger partial charge in [0.15, 0.2) is 5.78 Å². The Morgan fingerprint density at radius 2 is 2.05 bits per heavy atom. The number of hydrogen-bond acceptors (Lipinski definition) is 4. The van der Waals surface area contributed by atoms with E-state index in [1.165, 1.54) is 12.8 Å². The van der Waals surface area contributed by atoms with Gasteiger partial charge in [0.1, 0.15) is 5.75 Å². The van der Waals surface area contributed by atoms with Gasteiger partial charge in [0, 0.05) is 22.0 Å². The maximum atomic E-state index is 12.8. The van der Waals surface area contributed by atoms with Crippen molar-refractivity contribution in [3.8, 4) is 11.8 Å². The third-order valence-electron chi connectivity index (χ3n) is 4.27. The molecule has 0 N–H and O–H groups in total. The van der Waals surface area contributed by atoms with Gasteiger partial charge in [-0.15, -0.1) is 0 Å². The van der Waals surface area contributed by atoms with E-state index in [9.17, 15) is 10.1 Å². The van der Waals surface area contributed by atoms with Gasteiger partial charge in [-0.05, 0) is 43.9 Å². The minimum absolute atomic E-state index is 0.0768. The maximum Gasteiger partial charge on any atom is 0.167 e. The summed E-state index contributed by atoms with van der Waals surface area (Å²) in [6, 6.07) is 7.25. The van der Waals surface area contributed by atoms with Crippen LogP contribution in [0.5, 0.6) is 5.75 Å². The minimum Gasteiger partial charge on any atom is -0.497 e. The maximum absolute atomic E-state index is 12.8. The van der Waals surface area contributed by atoms with Gasteiger partial charge in [-0.1, -0.05) is 0 Å². The fraction of sp³-hybridized carbons (Fsp3) is 0.500. The van der Waals surface area contributed by atoms with Crippen molar-refractivity contribution in [1.82, 2.24) is 0 Å². The number of fused-ring (bicyclic) bond motifs is 2. The number of carbonyl (C=O) groups is 1. The number of thioether (sulfide) groups is 1. The molecule has 2 aliphatic rings. The number of Topliss-reactive ketones (excluding diaryl/α,β-unsaturated/α-hetero) is 1. The van der Waals surface area contributed by atoms with Crippen molar-refractivity contribution in [2.24, 2.45) is 5.92 Å². The normalized spacial score (nSPS) is 27.9. The summed E-state index contributed by atoms with van der Waals surface area (Å²) in [6.07, 6.45) is 4.40. The average Bonchev–Trinajstić information content (AvgIpc) is 2.84. The Balaban J connectivity index is 1.88. The van der Waals surface area contributed by atoms with Crippen molar-refractivity contribution in [3.63, 3.8) is 0 Å². The number of carbonyl (C=O) groups excluding carboxylic acids is 1. The lowest BCUT2D eigenvalue weighted by molar-refractivity contribution is 0.0906. The summed E-state index contributed by atoms with van der Waals surface area (Å²) in [5, 5.41) is 10.5. The van der Waals surface area contributed by atoms with Gasteiger partial charge in [-0.25, -0.2) is 0 Å². The summed E-state index contributed by atoms with van der Waals surface area (Å²) in [5.41, 5.74) is 0.990. The van der Waals surface area contributed by atoms with Crippen molar-refractivity contribution in [2.75, 3.05) is 7.11 Å². The van der Waals surface area contributed by atoms with Crippen LogP contribution in [0.15, 0.2) is 18.2 Å². The Morgan fingerprint density at radius 1 is 1.35 bits per heavy atom. The van der Waals surface area contributed by atoms with E-state index in [0.29, 0.717) is 27.4 Å². The lowest BCUT2D eigenvalue weighted by Crippen LogP contribution is -2.25. The highest BCUT2D eigenvalue weighted by Crippen LogP contribution is 2.46. The molecule has 104 valence electrons. The third-order valence-corrected chi connectivity index (χ3v) is 5.90. The second-order valence-electron chi connectivity index (χ2n) is 5.51. The predicted molar refractivity (Wildman–Crippen MR) is 79.2 cm³/mol. The van der Waals surface area contributed by atoms with Gasteiger partial charge in [-0.2, -0.15) is 17.0 Å². The second-order valence-corrected chi connectivity index (χ2v) is 7.12. The number of nitriles is 1. The van der Waals surface area contributed by atoms with Gasteiger partial charge in [-0.3, -0.25) is 4.79 Å². The van der Waals surface area contributed by atoms with Gasteiger partial charge in [0.05, 0.1) is 18.7 Å². The fourth-order valence-corrected chi connectivity index (χ4v) is 5.02. The van der Waals surface area contributed by atoms with Crippen LogP contribution in [-0.4, -0.2) is 23.4 Å². The molecule has 3 nitrogen and oxygen atoms in total. The third kappa shape index (κ3) is 2.43. The molecule has 2 saturated heterocycles. The van der Waals surface area contributed by atoms with E-state index in [1.54, 1.807) is 25.3 Å². The molecular formula is C16H17NO2S. The first-order chi connectivity index (χ1) is 9.71. The molecule has 0 spiro atoms. The molecule has 2 bridgehead atoms. The first-order valence-corrected chi connectivity index (χ1v) is 7.93. The second kappa shape index (κ2) is 5.49. The van der Waals surface area contributed by atoms with Gasteiger partial charge < -0.3 is 4.74 Å². The van der Waals surface area contributed by atoms with Gasteiger partial charge in [0.2, 0.25) is 0 Å². The molecule has 0 aliphatic carbocycles. The molecule has 0 radical (unpaired) electrons. The smallest absolute Gasteiger partial charge is 0.167 e. The summed E-state index contributed by atoms with van der Waals surface area (Å²) >= 11 is 2.04. The van der Waals surface area contributed by atoms with E-state index in [0.717, 1.165) is 12.8 Å². The van der Waals surface area contributed by atoms with Crippen LogP contribution in [0.1, 0.15) is 41.6 Å². The first kappa shape index (κ1) is 13.5. The van der Waals surface area contributed by atoms with Crippen LogP contribution in [0.4, 0.5) is 0 Å². The average molecular weight is 287 g/mol. The highest BCUT2D eigenvalue weighted by atomic mass is 32.2. The van der Waals surface area contributed by atoms with Gasteiger partial charge >= 0.3 is 0 Å². The molecule has 2 unspecified atom stereocenters. The van der Waals surface area contributed by atoms with E-state index in [2.05, 4.69) is 6.07 Å². The zero-order valence-electron chi connectivity index (χ0n) is 11.5. The van der Waals surface area contributed by atoms with Gasteiger partial charge in [0.25, 0.3) is 0 Å². The lowest BCUT2D eigenvalue weighted by atomic mass is 9.88. The fourth-order valence-electron chi connectivity index (χ4n) is 3.24. The monoisotopic (exact) mass is 287 g/mol. The summed E-state index contributed by atoms with van der Waals surface area (Å²) in [4.78, 5) is 12.8. The summed E-state index contributed by atoms with van der Waals surface area (Å²) in [6.45, 7) is 0. The molecule has 0 amide bonds. The topological polar surface area (TPSA) is 50.1 Å². The zero-order valence-corrected chi connectivity index (χ0v) is 12.3. The molecule has 0 saturated carbocycles. The Labute approximate surface area is 123 Å². The number of nitrogens with zero attached hydrogens (tertiary/aromatic N) is 1. The number of ether oxygens (including phenoxy) is 1. The van der Waals surface area contributed by atoms with E-state index in [4.69, 9.17) is 4.74 Å². The largest absolute Gasteiger partial charge is 0.497 e. The molecule has 1 aromatic rings. The number of benzene rings is 1. The van der Waals surface area contributed by atoms with Crippen LogP contribution in [0.3, 0.4) is 0 Å². The molecule has 2 atom stereocenters. The van der Waals surface area contributed by atoms with Crippen LogP contribution >= 0.6 is 11.8 Å². The molecule has 2 fully saturated rings. The van der Waals surface area contributed by atoms with Crippen LogP contribution in [0.25, 0.3) is 0 Å². The molecule has 3 rings (SSSR count). The molecule has 1 aromatic carbocycles. The van der Waals surface area contributed by atoms with E-state index < -0.39 is 0 Å². The predicted octanol–water partition coefficient (Wildman–Crippen LogP) is 3.42. The quantitative estimate of drug-likeness (QED) is 0.799. The van der Waals surface area contributed by atoms with E-state index in [-0.39, 0.29) is 11.7 Å². The van der Waals surface area contributed by atoms with E-state index >= 15 is 0 Å². The highest BCUT2D eigenvalue weighted by Gasteiger charge is 2.38. The van der Waals surface area contributed by atoms with Crippen LogP contribution in [0, 0.1) is 17.2 Å². The lowest BCUT2D eigenvalue weighted by Gasteiger charge is -2.26. The molecular weight excluding hydrogens is 270 g/mol. The number of ketones is 1. The minimum atomic E-state index is 0.0768. The Bertz CT molecular complexity index is 566.